The molecule has 0 spiro atoms. The lowest BCUT2D eigenvalue weighted by Gasteiger charge is -2.17. The molecule has 0 saturated carbocycles. The summed E-state index contributed by atoms with van der Waals surface area (Å²) in [6.45, 7) is 5.74. The van der Waals surface area contributed by atoms with E-state index in [1.807, 2.05) is 44.2 Å². The molecular weight excluding hydrogens is 332 g/mol. The Bertz CT molecular complexity index is 627. The molecule has 0 amide bonds. The molecule has 4 heteroatoms. The monoisotopic (exact) mass is 350 g/mol. The van der Waals surface area contributed by atoms with E-state index in [1.54, 1.807) is 14.0 Å². The summed E-state index contributed by atoms with van der Waals surface area (Å²) >= 11 is 3.54. The van der Waals surface area contributed by atoms with Crippen LogP contribution in [0.25, 0.3) is 0 Å². The van der Waals surface area contributed by atoms with Crippen LogP contribution in [0.3, 0.4) is 0 Å². The first kappa shape index (κ1) is 15.9. The molecule has 0 bridgehead atoms. The summed E-state index contributed by atoms with van der Waals surface area (Å²) in [7, 11) is 1.58. The first-order valence-corrected chi connectivity index (χ1v) is 7.53. The topological polar surface area (TPSA) is 38.7 Å². The molecule has 2 rings (SSSR count). The van der Waals surface area contributed by atoms with Gasteiger partial charge in [0.1, 0.15) is 17.2 Å². The van der Waals surface area contributed by atoms with Gasteiger partial charge in [0.25, 0.3) is 0 Å². The van der Waals surface area contributed by atoms with Crippen molar-refractivity contribution in [1.82, 2.24) is 0 Å². The third-order valence-electron chi connectivity index (χ3n) is 3.30. The van der Waals surface area contributed by atoms with Gasteiger partial charge in [0.2, 0.25) is 0 Å². The Hall–Kier alpha value is -1.52. The molecule has 1 unspecified atom stereocenters. The molecule has 1 atom stereocenters. The third kappa shape index (κ3) is 3.39. The molecule has 0 aliphatic heterocycles. The highest BCUT2D eigenvalue weighted by molar-refractivity contribution is 9.10. The average molecular weight is 351 g/mol. The number of aliphatic hydroxyl groups excluding tert-OH is 1. The average Bonchev–Trinajstić information content (AvgIpc) is 2.44. The quantitative estimate of drug-likeness (QED) is 0.850. The Morgan fingerprint density at radius 1 is 1.10 bits per heavy atom. The molecule has 0 fully saturated rings. The van der Waals surface area contributed by atoms with E-state index in [0.29, 0.717) is 17.1 Å². The predicted octanol–water partition coefficient (Wildman–Crippen LogP) is 4.92. The van der Waals surface area contributed by atoms with Crippen LogP contribution in [0.2, 0.25) is 0 Å². The van der Waals surface area contributed by atoms with E-state index in [2.05, 4.69) is 15.9 Å². The van der Waals surface area contributed by atoms with Crippen molar-refractivity contribution in [2.75, 3.05) is 7.11 Å². The molecule has 0 heterocycles. The van der Waals surface area contributed by atoms with E-state index in [1.165, 1.54) is 0 Å². The summed E-state index contributed by atoms with van der Waals surface area (Å²) in [6.07, 6.45) is -0.672. The second-order valence-corrected chi connectivity index (χ2v) is 5.81. The highest BCUT2D eigenvalue weighted by Crippen LogP contribution is 2.37. The molecule has 112 valence electrons. The summed E-state index contributed by atoms with van der Waals surface area (Å²) in [5, 5.41) is 9.98. The lowest BCUT2D eigenvalue weighted by molar-refractivity contribution is 0.190. The van der Waals surface area contributed by atoms with E-state index >= 15 is 0 Å². The van der Waals surface area contributed by atoms with Crippen molar-refractivity contribution in [2.24, 2.45) is 0 Å². The molecule has 2 aromatic rings. The zero-order chi connectivity index (χ0) is 15.6. The zero-order valence-electron chi connectivity index (χ0n) is 12.6. The number of halogens is 1. The second kappa shape index (κ2) is 6.50. The summed E-state index contributed by atoms with van der Waals surface area (Å²) in [5.41, 5.74) is 2.86. The zero-order valence-corrected chi connectivity index (χ0v) is 14.2. The number of hydrogen-bond acceptors (Lipinski definition) is 3. The van der Waals surface area contributed by atoms with Crippen LogP contribution in [-0.4, -0.2) is 12.2 Å². The minimum atomic E-state index is -0.672. The van der Waals surface area contributed by atoms with E-state index in [4.69, 9.17) is 9.47 Å². The predicted molar refractivity (Wildman–Crippen MR) is 87.3 cm³/mol. The number of methoxy groups -OCH3 is 1. The largest absolute Gasteiger partial charge is 0.496 e. The minimum absolute atomic E-state index is 0.602. The first-order chi connectivity index (χ1) is 9.93. The summed E-state index contributed by atoms with van der Waals surface area (Å²) in [6, 6.07) is 9.41. The van der Waals surface area contributed by atoms with Crippen LogP contribution in [-0.2, 0) is 0 Å². The maximum Gasteiger partial charge on any atom is 0.136 e. The molecule has 0 aromatic heterocycles. The Kier molecular flexibility index (Phi) is 4.91. The van der Waals surface area contributed by atoms with E-state index in [0.717, 1.165) is 21.3 Å². The van der Waals surface area contributed by atoms with Crippen molar-refractivity contribution in [3.8, 4) is 17.2 Å². The fraction of sp³-hybridized carbons (Fsp3) is 0.294. The van der Waals surface area contributed by atoms with Gasteiger partial charge in [0, 0.05) is 4.47 Å². The maximum atomic E-state index is 9.98. The van der Waals surface area contributed by atoms with Crippen molar-refractivity contribution >= 4 is 15.9 Å². The van der Waals surface area contributed by atoms with E-state index < -0.39 is 6.10 Å². The number of ether oxygens (including phenoxy) is 2. The van der Waals surface area contributed by atoms with Crippen LogP contribution in [0, 0.1) is 13.8 Å². The Morgan fingerprint density at radius 2 is 1.67 bits per heavy atom. The summed E-state index contributed by atoms with van der Waals surface area (Å²) in [4.78, 5) is 0. The van der Waals surface area contributed by atoms with Gasteiger partial charge in [0.15, 0.2) is 0 Å². The molecule has 0 aliphatic carbocycles. The van der Waals surface area contributed by atoms with Crippen LogP contribution in [0.15, 0.2) is 34.8 Å². The molecule has 0 saturated heterocycles. The number of rotatable bonds is 4. The van der Waals surface area contributed by atoms with Crippen molar-refractivity contribution in [3.05, 3.63) is 51.5 Å². The van der Waals surface area contributed by atoms with Crippen molar-refractivity contribution < 1.29 is 14.6 Å². The molecule has 3 nitrogen and oxygen atoms in total. The standard InChI is InChI=1S/C17H19BrO3/c1-10-8-13(9-11(2)17(10)18)21-15-7-5-6-14(20-4)16(15)12(3)19/h5-9,12,19H,1-4H3. The first-order valence-electron chi connectivity index (χ1n) is 6.73. The van der Waals surface area contributed by atoms with Gasteiger partial charge in [0.05, 0.1) is 18.8 Å². The molecule has 1 N–H and O–H groups in total. The Balaban J connectivity index is 2.44. The second-order valence-electron chi connectivity index (χ2n) is 5.02. The lowest BCUT2D eigenvalue weighted by atomic mass is 10.1. The molecule has 0 aliphatic rings. The van der Waals surface area contributed by atoms with Crippen molar-refractivity contribution in [2.45, 2.75) is 26.9 Å². The van der Waals surface area contributed by atoms with Gasteiger partial charge in [-0.25, -0.2) is 0 Å². The summed E-state index contributed by atoms with van der Waals surface area (Å²) in [5.74, 6) is 1.96. The van der Waals surface area contributed by atoms with Crippen molar-refractivity contribution in [1.29, 1.82) is 0 Å². The fourth-order valence-corrected chi connectivity index (χ4v) is 2.52. The van der Waals surface area contributed by atoms with Gasteiger partial charge >= 0.3 is 0 Å². The third-order valence-corrected chi connectivity index (χ3v) is 4.55. The van der Waals surface area contributed by atoms with E-state index in [-0.39, 0.29) is 0 Å². The maximum absolute atomic E-state index is 9.98. The SMILES string of the molecule is COc1cccc(Oc2cc(C)c(Br)c(C)c2)c1C(C)O. The smallest absolute Gasteiger partial charge is 0.136 e. The number of hydrogen-bond donors (Lipinski definition) is 1. The minimum Gasteiger partial charge on any atom is -0.496 e. The van der Waals surface area contributed by atoms with E-state index in [9.17, 15) is 5.11 Å². The highest BCUT2D eigenvalue weighted by atomic mass is 79.9. The highest BCUT2D eigenvalue weighted by Gasteiger charge is 2.16. The normalized spacial score (nSPS) is 12.1. The Labute approximate surface area is 133 Å². The number of benzene rings is 2. The van der Waals surface area contributed by atoms with Crippen LogP contribution in [0.1, 0.15) is 29.7 Å². The molecule has 21 heavy (non-hydrogen) atoms. The van der Waals surface area contributed by atoms with Crippen LogP contribution in [0.5, 0.6) is 17.2 Å². The molecule has 0 radical (unpaired) electrons. The van der Waals surface area contributed by atoms with Crippen molar-refractivity contribution in [3.63, 3.8) is 0 Å². The lowest BCUT2D eigenvalue weighted by Crippen LogP contribution is -2.00. The molecule has 2 aromatic carbocycles. The van der Waals surface area contributed by atoms with Gasteiger partial charge in [-0.1, -0.05) is 22.0 Å². The fourth-order valence-electron chi connectivity index (χ4n) is 2.29. The Morgan fingerprint density at radius 3 is 2.19 bits per heavy atom. The number of aliphatic hydroxyl groups is 1. The van der Waals surface area contributed by atoms with Gasteiger partial charge in [-0.2, -0.15) is 0 Å². The molecular formula is C17H19BrO3. The van der Waals surface area contributed by atoms with Crippen LogP contribution in [0.4, 0.5) is 0 Å². The summed E-state index contributed by atoms with van der Waals surface area (Å²) < 4.78 is 12.4. The van der Waals surface area contributed by atoms with Crippen LogP contribution < -0.4 is 9.47 Å². The van der Waals surface area contributed by atoms with Gasteiger partial charge < -0.3 is 14.6 Å². The number of aryl methyl sites for hydroxylation is 2. The van der Waals surface area contributed by atoms with Crippen LogP contribution >= 0.6 is 15.9 Å². The van der Waals surface area contributed by atoms with Gasteiger partial charge in [-0.05, 0) is 56.2 Å². The van der Waals surface area contributed by atoms with Gasteiger partial charge in [-0.15, -0.1) is 0 Å². The van der Waals surface area contributed by atoms with Gasteiger partial charge in [-0.3, -0.25) is 0 Å².